The number of aliphatic hydroxyl groups is 1. The Morgan fingerprint density at radius 3 is 2.43 bits per heavy atom. The van der Waals surface area contributed by atoms with Crippen molar-refractivity contribution in [2.45, 2.75) is 72.1 Å². The summed E-state index contributed by atoms with van der Waals surface area (Å²) in [5.41, 5.74) is -1.21. The number of amides is 1. The molecule has 1 amide bonds. The van der Waals surface area contributed by atoms with E-state index in [9.17, 15) is 18.8 Å². The number of carbonyl (C=O) groups excluding carboxylic acids is 1. The summed E-state index contributed by atoms with van der Waals surface area (Å²) in [5.74, 6) is -0.159. The van der Waals surface area contributed by atoms with E-state index in [4.69, 9.17) is 9.84 Å². The van der Waals surface area contributed by atoms with Crippen LogP contribution in [0.5, 0.6) is 5.75 Å². The summed E-state index contributed by atoms with van der Waals surface area (Å²) in [5, 5.41) is 13.4. The lowest BCUT2D eigenvalue weighted by Gasteiger charge is -2.31. The van der Waals surface area contributed by atoms with Gasteiger partial charge in [-0.3, -0.25) is 14.2 Å². The van der Waals surface area contributed by atoms with E-state index in [2.05, 4.69) is 14.9 Å². The van der Waals surface area contributed by atoms with E-state index in [0.29, 0.717) is 45.2 Å². The zero-order chi connectivity index (χ0) is 32.8. The van der Waals surface area contributed by atoms with Crippen LogP contribution >= 0.6 is 42.3 Å². The Bertz CT molecular complexity index is 1690. The second kappa shape index (κ2) is 15.5. The number of aromatic nitrogens is 4. The van der Waals surface area contributed by atoms with Gasteiger partial charge in [-0.05, 0) is 105 Å². The van der Waals surface area contributed by atoms with Crippen LogP contribution in [0.25, 0.3) is 15.2 Å². The van der Waals surface area contributed by atoms with Gasteiger partial charge in [0.05, 0.1) is 12.5 Å². The molecule has 0 aliphatic carbocycles. The van der Waals surface area contributed by atoms with E-state index in [-0.39, 0.29) is 25.0 Å². The number of aliphatic hydroxyl groups excluding tert-OH is 1. The third-order valence-electron chi connectivity index (χ3n) is 7.22. The lowest BCUT2D eigenvalue weighted by Crippen LogP contribution is -2.56. The fraction of sp³-hybridized carbons (Fsp3) is 0.467. The van der Waals surface area contributed by atoms with Gasteiger partial charge in [-0.1, -0.05) is 11.3 Å². The van der Waals surface area contributed by atoms with Gasteiger partial charge in [0.2, 0.25) is 5.91 Å². The van der Waals surface area contributed by atoms with E-state index in [0.717, 1.165) is 17.4 Å². The molecule has 0 radical (unpaired) electrons. The van der Waals surface area contributed by atoms with Gasteiger partial charge in [-0.2, -0.15) is 5.10 Å². The predicted octanol–water partition coefficient (Wildman–Crippen LogP) is 5.12. The number of thiophene rings is 1. The summed E-state index contributed by atoms with van der Waals surface area (Å²) in [4.78, 5) is 43.8. The molecule has 1 aliphatic heterocycles. The number of methoxy groups -OCH3 is 1. The number of benzene rings is 1. The van der Waals surface area contributed by atoms with E-state index in [1.807, 2.05) is 28.1 Å². The van der Waals surface area contributed by atoms with Crippen LogP contribution in [0.4, 0.5) is 4.39 Å². The maximum Gasteiger partial charge on any atom is 0.333 e. The van der Waals surface area contributed by atoms with Gasteiger partial charge in [-0.15, -0.1) is 9.80 Å². The molecule has 5 rings (SSSR count). The molecule has 3 aromatic heterocycles. The second-order valence-electron chi connectivity index (χ2n) is 11.1. The van der Waals surface area contributed by atoms with Crippen molar-refractivity contribution < 1.29 is 19.0 Å². The van der Waals surface area contributed by atoms with Gasteiger partial charge in [0, 0.05) is 43.7 Å². The minimum absolute atomic E-state index is 0.155. The lowest BCUT2D eigenvalue weighted by molar-refractivity contribution is -0.138. The molecule has 0 atom stereocenters. The minimum Gasteiger partial charge on any atom is -0.496 e. The Kier molecular flexibility index (Phi) is 12.6. The van der Waals surface area contributed by atoms with Gasteiger partial charge in [0.25, 0.3) is 5.56 Å². The van der Waals surface area contributed by atoms with Crippen LogP contribution in [0.15, 0.2) is 46.2 Å². The molecule has 240 valence electrons. The van der Waals surface area contributed by atoms with Crippen LogP contribution < -0.4 is 16.0 Å². The minimum atomic E-state index is -1.40. The van der Waals surface area contributed by atoms with Crippen molar-refractivity contribution in [3.63, 3.8) is 0 Å². The second-order valence-corrected chi connectivity index (χ2v) is 12.1. The number of halogens is 2. The molecule has 4 heterocycles. The number of nitrogens with zero attached hydrogens (tertiary/aromatic N) is 5. The first-order chi connectivity index (χ1) is 20.9. The van der Waals surface area contributed by atoms with Crippen LogP contribution in [-0.4, -0.2) is 61.1 Å². The Morgan fingerprint density at radius 1 is 1.23 bits per heavy atom. The molecule has 0 spiro atoms. The quantitative estimate of drug-likeness (QED) is 0.200. The largest absolute Gasteiger partial charge is 0.496 e. The number of thiol groups is 1. The van der Waals surface area contributed by atoms with Crippen molar-refractivity contribution >= 4 is 58.5 Å². The van der Waals surface area contributed by atoms with Gasteiger partial charge in [0.15, 0.2) is 0 Å². The number of likely N-dealkylation sites (tertiary alicyclic amines) is 1. The fourth-order valence-corrected chi connectivity index (χ4v) is 6.47. The van der Waals surface area contributed by atoms with Gasteiger partial charge >= 0.3 is 5.69 Å². The summed E-state index contributed by atoms with van der Waals surface area (Å²) < 4.78 is 23.7. The maximum atomic E-state index is 14.1. The Morgan fingerprint density at radius 2 is 1.86 bits per heavy atom. The summed E-state index contributed by atoms with van der Waals surface area (Å²) in [6, 6.07) is 6.03. The van der Waals surface area contributed by atoms with E-state index >= 15 is 0 Å². The molecule has 0 unspecified atom stereocenters. The standard InChI is InChI=1S/C27H30FN5O4S.C3H8O.HIS/c1-17-21-22(34)33(27(2,3)25(35)30-12-5-6-13-30)26(36)31(24(21)38-23(17)32-14-7-11-29-32)15-10-18-16-19(28)8-9-20(18)37-4;1-3(2)4;1-2/h7-9,11,14,16H,5-6,10,12-13,15H2,1-4H3;3-4H,1-2H3;2H. The van der Waals surface area contributed by atoms with E-state index in [1.54, 1.807) is 61.8 Å². The summed E-state index contributed by atoms with van der Waals surface area (Å²) >= 11 is 3.13. The highest BCUT2D eigenvalue weighted by molar-refractivity contribution is 14.2. The van der Waals surface area contributed by atoms with Crippen LogP contribution in [0.1, 0.15) is 51.7 Å². The number of aryl methyl sites for hydroxylation is 3. The molecular weight excluding hydrogens is 720 g/mol. The summed E-state index contributed by atoms with van der Waals surface area (Å²) in [7, 11) is 5.00. The van der Waals surface area contributed by atoms with Crippen molar-refractivity contribution in [1.29, 1.82) is 0 Å². The Labute approximate surface area is 277 Å². The SMILES string of the molecule is CC(C)O.COc1ccc(F)cc1CCn1c(=O)n(C(C)(C)C(=O)N2CCCC2)c(=O)c2c(C)c(-n3cccn3)sc21.SI. The number of fused-ring (bicyclic) bond motifs is 1. The molecule has 4 aromatic rings. The normalized spacial score (nSPS) is 13.0. The first-order valence-corrected chi connectivity index (χ1v) is 18.2. The number of hydrogen-bond donors (Lipinski definition) is 2. The van der Waals surface area contributed by atoms with E-state index in [1.165, 1.54) is 35.1 Å². The monoisotopic (exact) mass is 759 g/mol. The van der Waals surface area contributed by atoms with Crippen molar-refractivity contribution in [3.05, 3.63) is 74.4 Å². The smallest absolute Gasteiger partial charge is 0.333 e. The zero-order valence-corrected chi connectivity index (χ0v) is 29.6. The van der Waals surface area contributed by atoms with Gasteiger partial charge in [0.1, 0.15) is 26.9 Å². The fourth-order valence-electron chi connectivity index (χ4n) is 5.21. The predicted molar refractivity (Wildman–Crippen MR) is 184 cm³/mol. The molecule has 14 heteroatoms. The summed E-state index contributed by atoms with van der Waals surface area (Å²) in [6.45, 7) is 9.88. The molecule has 10 nitrogen and oxygen atoms in total. The maximum absolute atomic E-state index is 14.1. The van der Waals surface area contributed by atoms with Crippen LogP contribution in [0.3, 0.4) is 0 Å². The van der Waals surface area contributed by atoms with Crippen molar-refractivity contribution in [2.24, 2.45) is 0 Å². The first kappa shape index (κ1) is 35.8. The molecule has 44 heavy (non-hydrogen) atoms. The summed E-state index contributed by atoms with van der Waals surface area (Å²) in [6.07, 6.45) is 5.32. The third-order valence-corrected chi connectivity index (χ3v) is 8.53. The average molecular weight is 760 g/mol. The van der Waals surface area contributed by atoms with Crippen molar-refractivity contribution in [2.75, 3.05) is 20.2 Å². The van der Waals surface area contributed by atoms with Crippen LogP contribution in [0, 0.1) is 12.7 Å². The van der Waals surface area contributed by atoms with Crippen molar-refractivity contribution in [1.82, 2.24) is 23.8 Å². The molecule has 0 bridgehead atoms. The third kappa shape index (κ3) is 7.57. The van der Waals surface area contributed by atoms with Gasteiger partial charge in [-0.25, -0.2) is 18.4 Å². The van der Waals surface area contributed by atoms with Crippen LogP contribution in [-0.2, 0) is 23.3 Å². The zero-order valence-electron chi connectivity index (χ0n) is 25.7. The number of ether oxygens (including phenoxy) is 1. The highest BCUT2D eigenvalue weighted by Crippen LogP contribution is 2.32. The highest BCUT2D eigenvalue weighted by atomic mass is 127. The molecule has 0 saturated carbocycles. The lowest BCUT2D eigenvalue weighted by atomic mass is 10.0. The molecule has 1 N–H and O–H groups in total. The number of rotatable bonds is 7. The van der Waals surface area contributed by atoms with Crippen molar-refractivity contribution in [3.8, 4) is 10.8 Å². The molecule has 1 aliphatic rings. The number of carbonyl (C=O) groups is 1. The molecule has 1 saturated heterocycles. The van der Waals surface area contributed by atoms with Gasteiger partial charge < -0.3 is 14.7 Å². The molecular formula is C30H39FIN5O5S2. The van der Waals surface area contributed by atoms with E-state index < -0.39 is 22.6 Å². The highest BCUT2D eigenvalue weighted by Gasteiger charge is 2.39. The molecule has 1 aromatic carbocycles. The molecule has 1 fully saturated rings. The first-order valence-electron chi connectivity index (χ1n) is 14.1. The Balaban J connectivity index is 0.000000816. The number of hydrogen-bond acceptors (Lipinski definition) is 8. The van der Waals surface area contributed by atoms with Crippen LogP contribution in [0.2, 0.25) is 0 Å². The average Bonchev–Trinajstić information content (AvgIpc) is 3.75. The Hall–Kier alpha value is -2.69. The topological polar surface area (TPSA) is 112 Å².